The predicted octanol–water partition coefficient (Wildman–Crippen LogP) is 3.91. The fourth-order valence-corrected chi connectivity index (χ4v) is 3.85. The minimum atomic E-state index is -3.20. The lowest BCUT2D eigenvalue weighted by Crippen LogP contribution is -2.37. The third-order valence-electron chi connectivity index (χ3n) is 5.89. The molecule has 1 heterocycles. The zero-order valence-corrected chi connectivity index (χ0v) is 20.6. The van der Waals surface area contributed by atoms with Gasteiger partial charge < -0.3 is 20.3 Å². The standard InChI is InChI=1S/C27H23F3N4O5/c1-33(17-7-3-2-4-8-17)26(37)16-6-5-9-23(35)22(12-16)32-21-11-10-18(13-20(21)28)34-15-19(39-27(34)38)14-31-25(36)24(29)30/h2-13,19,24H,14-15H2,1H3,(H,31,36)(H,32,35). The number of para-hydroxylation sites is 1. The van der Waals surface area contributed by atoms with Gasteiger partial charge in [-0.1, -0.05) is 24.3 Å². The van der Waals surface area contributed by atoms with Crippen LogP contribution in [0.5, 0.6) is 0 Å². The highest BCUT2D eigenvalue weighted by molar-refractivity contribution is 6.06. The first kappa shape index (κ1) is 27.2. The van der Waals surface area contributed by atoms with Crippen LogP contribution in [0, 0.1) is 5.82 Å². The summed E-state index contributed by atoms with van der Waals surface area (Å²) in [4.78, 5) is 51.4. The van der Waals surface area contributed by atoms with Crippen molar-refractivity contribution < 1.29 is 32.3 Å². The number of hydrogen-bond donors (Lipinski definition) is 2. The minimum absolute atomic E-state index is 0.0492. The summed E-state index contributed by atoms with van der Waals surface area (Å²) in [6.45, 7) is -0.431. The summed E-state index contributed by atoms with van der Waals surface area (Å²) in [6.07, 6.45) is -4.94. The van der Waals surface area contributed by atoms with Gasteiger partial charge in [-0.2, -0.15) is 8.78 Å². The third kappa shape index (κ3) is 6.35. The quantitative estimate of drug-likeness (QED) is 0.449. The second-order valence-corrected chi connectivity index (χ2v) is 8.55. The largest absolute Gasteiger partial charge is 0.442 e. The van der Waals surface area contributed by atoms with Crippen LogP contribution in [0.3, 0.4) is 0 Å². The molecule has 0 bridgehead atoms. The smallest absolute Gasteiger partial charge is 0.414 e. The first-order valence-corrected chi connectivity index (χ1v) is 11.7. The van der Waals surface area contributed by atoms with Gasteiger partial charge in [0.05, 0.1) is 30.2 Å². The van der Waals surface area contributed by atoms with Crippen LogP contribution in [0.1, 0.15) is 10.4 Å². The van der Waals surface area contributed by atoms with Crippen molar-refractivity contribution in [3.05, 3.63) is 94.4 Å². The normalized spacial score (nSPS) is 14.6. The van der Waals surface area contributed by atoms with Gasteiger partial charge in [0.25, 0.3) is 11.8 Å². The lowest BCUT2D eigenvalue weighted by atomic mass is 10.2. The van der Waals surface area contributed by atoms with E-state index in [1.165, 1.54) is 41.3 Å². The van der Waals surface area contributed by atoms with Crippen LogP contribution >= 0.6 is 0 Å². The number of cyclic esters (lactones) is 1. The number of carbonyl (C=O) groups excluding carboxylic acids is 3. The Morgan fingerprint density at radius 3 is 2.46 bits per heavy atom. The number of ether oxygens (including phenoxy) is 1. The molecule has 0 saturated carbocycles. The molecule has 39 heavy (non-hydrogen) atoms. The third-order valence-corrected chi connectivity index (χ3v) is 5.89. The first-order chi connectivity index (χ1) is 18.6. The number of nitrogens with one attached hydrogen (secondary N) is 2. The number of hydrogen-bond acceptors (Lipinski definition) is 6. The maximum absolute atomic E-state index is 15.0. The Balaban J connectivity index is 1.50. The minimum Gasteiger partial charge on any atom is -0.442 e. The van der Waals surface area contributed by atoms with Crippen molar-refractivity contribution in [2.24, 2.45) is 0 Å². The van der Waals surface area contributed by atoms with Crippen LogP contribution in [0.25, 0.3) is 0 Å². The molecule has 1 saturated heterocycles. The molecule has 1 aliphatic heterocycles. The Morgan fingerprint density at radius 2 is 1.77 bits per heavy atom. The van der Waals surface area contributed by atoms with Gasteiger partial charge in [-0.3, -0.25) is 19.3 Å². The molecule has 1 unspecified atom stereocenters. The van der Waals surface area contributed by atoms with Crippen molar-refractivity contribution in [2.75, 3.05) is 35.3 Å². The Bertz CT molecular complexity index is 1460. The van der Waals surface area contributed by atoms with Gasteiger partial charge in [-0.25, -0.2) is 9.18 Å². The molecule has 3 aromatic rings. The summed E-state index contributed by atoms with van der Waals surface area (Å²) in [5, 5.41) is 4.67. The molecule has 0 radical (unpaired) electrons. The van der Waals surface area contributed by atoms with Gasteiger partial charge >= 0.3 is 12.5 Å². The summed E-state index contributed by atoms with van der Waals surface area (Å²) in [5.41, 5.74) is 0.320. The van der Waals surface area contributed by atoms with Crippen LogP contribution < -0.4 is 25.9 Å². The number of anilines is 4. The summed E-state index contributed by atoms with van der Waals surface area (Å²) in [5.74, 6) is -2.69. The first-order valence-electron chi connectivity index (χ1n) is 11.7. The molecule has 3 amide bonds. The van der Waals surface area contributed by atoms with E-state index >= 15 is 4.39 Å². The van der Waals surface area contributed by atoms with Gasteiger partial charge in [0.1, 0.15) is 11.9 Å². The van der Waals surface area contributed by atoms with Crippen LogP contribution in [-0.4, -0.2) is 50.6 Å². The van der Waals surface area contributed by atoms with Crippen molar-refractivity contribution in [1.82, 2.24) is 5.32 Å². The van der Waals surface area contributed by atoms with Gasteiger partial charge in [-0.15, -0.1) is 0 Å². The molecule has 0 spiro atoms. The molecule has 1 atom stereocenters. The molecule has 2 N–H and O–H groups in total. The zero-order chi connectivity index (χ0) is 28.1. The van der Waals surface area contributed by atoms with Gasteiger partial charge in [-0.05, 0) is 48.5 Å². The summed E-state index contributed by atoms with van der Waals surface area (Å²) in [7, 11) is 1.59. The maximum Gasteiger partial charge on any atom is 0.414 e. The number of rotatable bonds is 8. The SMILES string of the molecule is CN(C(=O)c1cccc(=O)c(Nc2ccc(N3CC(CNC(=O)C(F)F)OC3=O)cc2F)c1)c1ccccc1. The molecule has 1 aliphatic rings. The van der Waals surface area contributed by atoms with Crippen LogP contribution in [-0.2, 0) is 9.53 Å². The molecule has 9 nitrogen and oxygen atoms in total. The lowest BCUT2D eigenvalue weighted by Gasteiger charge is -2.17. The average Bonchev–Trinajstić information content (AvgIpc) is 3.20. The number of carbonyl (C=O) groups is 3. The Kier molecular flexibility index (Phi) is 8.13. The molecule has 0 aliphatic carbocycles. The van der Waals surface area contributed by atoms with E-state index in [1.807, 2.05) is 11.4 Å². The second kappa shape index (κ2) is 11.7. The van der Waals surface area contributed by atoms with Crippen molar-refractivity contribution in [3.8, 4) is 0 Å². The average molecular weight is 540 g/mol. The Labute approximate surface area is 220 Å². The van der Waals surface area contributed by atoms with Crippen molar-refractivity contribution >= 4 is 40.7 Å². The Hall–Kier alpha value is -4.87. The van der Waals surface area contributed by atoms with Crippen LogP contribution in [0.4, 0.5) is 40.7 Å². The molecule has 12 heteroatoms. The van der Waals surface area contributed by atoms with Crippen LogP contribution in [0.15, 0.2) is 77.6 Å². The van der Waals surface area contributed by atoms with Crippen molar-refractivity contribution in [1.29, 1.82) is 0 Å². The van der Waals surface area contributed by atoms with E-state index < -0.39 is 35.8 Å². The number of amides is 3. The second-order valence-electron chi connectivity index (χ2n) is 8.55. The molecular formula is C27H23F3N4O5. The molecule has 202 valence electrons. The molecule has 0 aromatic heterocycles. The zero-order valence-electron chi connectivity index (χ0n) is 20.6. The number of alkyl halides is 2. The summed E-state index contributed by atoms with van der Waals surface area (Å²) < 4.78 is 44.8. The maximum atomic E-state index is 15.0. The van der Waals surface area contributed by atoms with E-state index in [0.717, 1.165) is 11.0 Å². The number of nitrogens with zero attached hydrogens (tertiary/aromatic N) is 2. The monoisotopic (exact) mass is 540 g/mol. The fourth-order valence-electron chi connectivity index (χ4n) is 3.85. The van der Waals surface area contributed by atoms with E-state index in [2.05, 4.69) is 5.32 Å². The molecule has 3 aromatic carbocycles. The molecule has 1 fully saturated rings. The van der Waals surface area contributed by atoms with E-state index in [4.69, 9.17) is 4.74 Å². The highest BCUT2D eigenvalue weighted by Gasteiger charge is 2.33. The lowest BCUT2D eigenvalue weighted by molar-refractivity contribution is -0.132. The summed E-state index contributed by atoms with van der Waals surface area (Å²) >= 11 is 0. The van der Waals surface area contributed by atoms with E-state index in [-0.39, 0.29) is 41.6 Å². The van der Waals surface area contributed by atoms with Crippen molar-refractivity contribution in [3.63, 3.8) is 0 Å². The van der Waals surface area contributed by atoms with Gasteiger partial charge in [0.2, 0.25) is 5.43 Å². The molecule has 4 rings (SSSR count). The highest BCUT2D eigenvalue weighted by Crippen LogP contribution is 2.27. The van der Waals surface area contributed by atoms with E-state index in [9.17, 15) is 28.0 Å². The van der Waals surface area contributed by atoms with Crippen LogP contribution in [0.2, 0.25) is 0 Å². The summed E-state index contributed by atoms with van der Waals surface area (Å²) in [6, 6.07) is 18.1. The fraction of sp³-hybridized carbons (Fsp3) is 0.185. The van der Waals surface area contributed by atoms with E-state index in [0.29, 0.717) is 5.69 Å². The Morgan fingerprint density at radius 1 is 1.03 bits per heavy atom. The van der Waals surface area contributed by atoms with E-state index in [1.54, 1.807) is 31.3 Å². The number of halogens is 3. The van der Waals surface area contributed by atoms with Gasteiger partial charge in [0.15, 0.2) is 0 Å². The number of benzene rings is 2. The highest BCUT2D eigenvalue weighted by atomic mass is 19.3. The topological polar surface area (TPSA) is 108 Å². The predicted molar refractivity (Wildman–Crippen MR) is 138 cm³/mol. The molecular weight excluding hydrogens is 517 g/mol. The van der Waals surface area contributed by atoms with Crippen molar-refractivity contribution in [2.45, 2.75) is 12.5 Å². The van der Waals surface area contributed by atoms with Gasteiger partial charge in [0, 0.05) is 18.3 Å².